The minimum atomic E-state index is -0.336. The van der Waals surface area contributed by atoms with E-state index in [9.17, 15) is 14.6 Å². The molecule has 0 atom stereocenters. The molecule has 0 unspecified atom stereocenters. The van der Waals surface area contributed by atoms with Crippen molar-refractivity contribution < 1.29 is 14.6 Å². The molecule has 0 aliphatic carbocycles. The molecule has 0 fully saturated rings. The molecule has 1 aromatic heterocycles. The molecule has 2 rings (SSSR count). The molecule has 4 nitrogen and oxygen atoms in total. The third-order valence-electron chi connectivity index (χ3n) is 2.70. The molecule has 1 aromatic carbocycles. The summed E-state index contributed by atoms with van der Waals surface area (Å²) >= 11 is 0. The van der Waals surface area contributed by atoms with E-state index in [4.69, 9.17) is 0 Å². The Bertz CT molecular complexity index is 610. The zero-order valence-corrected chi connectivity index (χ0v) is 10.3. The van der Waals surface area contributed by atoms with Crippen LogP contribution in [-0.2, 0) is 6.61 Å². The van der Waals surface area contributed by atoms with E-state index in [1.165, 1.54) is 36.7 Å². The number of rotatable bonds is 3. The van der Waals surface area contributed by atoms with Crippen molar-refractivity contribution in [2.45, 2.75) is 13.5 Å². The molecule has 0 aliphatic heterocycles. The number of aromatic nitrogens is 1. The fourth-order valence-electron chi connectivity index (χ4n) is 1.59. The number of hydrogen-bond acceptors (Lipinski definition) is 4. The van der Waals surface area contributed by atoms with E-state index in [-0.39, 0.29) is 18.2 Å². The van der Waals surface area contributed by atoms with Gasteiger partial charge in [0.1, 0.15) is 11.6 Å². The number of aliphatic hydroxyl groups is 1. The van der Waals surface area contributed by atoms with Crippen LogP contribution in [-0.4, -0.2) is 21.4 Å². The Balaban J connectivity index is 2.37. The first-order chi connectivity index (χ1) is 9.11. The smallest absolute Gasteiger partial charge is 0.145 e. The zero-order valence-electron chi connectivity index (χ0n) is 10.3. The lowest BCUT2D eigenvalue weighted by atomic mass is 10.1. The molecular weight excluding hydrogens is 247 g/mol. The Morgan fingerprint density at radius 1 is 1.32 bits per heavy atom. The first-order valence-electron chi connectivity index (χ1n) is 5.69. The fraction of sp³-hybridized carbons (Fsp3) is 0.143. The van der Waals surface area contributed by atoms with Crippen LogP contribution in [0, 0.1) is 12.7 Å². The van der Waals surface area contributed by atoms with Gasteiger partial charge in [-0.1, -0.05) is 0 Å². The highest BCUT2D eigenvalue weighted by atomic mass is 19.1. The van der Waals surface area contributed by atoms with Gasteiger partial charge in [-0.25, -0.2) is 4.39 Å². The van der Waals surface area contributed by atoms with Gasteiger partial charge in [-0.3, -0.25) is 9.98 Å². The summed E-state index contributed by atoms with van der Waals surface area (Å²) in [6.07, 6.45) is 2.92. The van der Waals surface area contributed by atoms with E-state index in [0.29, 0.717) is 22.5 Å². The van der Waals surface area contributed by atoms with Crippen molar-refractivity contribution in [1.29, 1.82) is 0 Å². The quantitative estimate of drug-likeness (QED) is 0.833. The summed E-state index contributed by atoms with van der Waals surface area (Å²) in [5.74, 6) is -0.352. The van der Waals surface area contributed by atoms with Gasteiger partial charge in [-0.05, 0) is 31.2 Å². The SMILES string of the molecule is Cc1ncc(CO)c(C=Nc2ccc(F)cc2)c1O. The number of aliphatic imine (C=N–C) groups is 1. The predicted molar refractivity (Wildman–Crippen MR) is 70.2 cm³/mol. The van der Waals surface area contributed by atoms with Crippen LogP contribution in [0.25, 0.3) is 0 Å². The number of aryl methyl sites for hydroxylation is 1. The zero-order chi connectivity index (χ0) is 13.8. The summed E-state index contributed by atoms with van der Waals surface area (Å²) in [6, 6.07) is 5.65. The van der Waals surface area contributed by atoms with Crippen LogP contribution in [0.4, 0.5) is 10.1 Å². The molecule has 19 heavy (non-hydrogen) atoms. The number of aliphatic hydroxyl groups excluding tert-OH is 1. The normalized spacial score (nSPS) is 11.1. The highest BCUT2D eigenvalue weighted by Gasteiger charge is 2.09. The molecule has 0 bridgehead atoms. The number of benzene rings is 1. The van der Waals surface area contributed by atoms with Gasteiger partial charge in [0.2, 0.25) is 0 Å². The molecule has 0 aliphatic rings. The second-order valence-electron chi connectivity index (χ2n) is 4.02. The van der Waals surface area contributed by atoms with E-state index in [2.05, 4.69) is 9.98 Å². The number of aromatic hydroxyl groups is 1. The lowest BCUT2D eigenvalue weighted by Gasteiger charge is -2.06. The van der Waals surface area contributed by atoms with E-state index in [0.717, 1.165) is 0 Å². The lowest BCUT2D eigenvalue weighted by Crippen LogP contribution is -1.97. The van der Waals surface area contributed by atoms with Gasteiger partial charge in [0, 0.05) is 23.5 Å². The van der Waals surface area contributed by atoms with Gasteiger partial charge < -0.3 is 10.2 Å². The molecular formula is C14H13FN2O2. The Kier molecular flexibility index (Phi) is 3.87. The van der Waals surface area contributed by atoms with Crippen LogP contribution in [0.5, 0.6) is 5.75 Å². The second-order valence-corrected chi connectivity index (χ2v) is 4.02. The molecule has 0 radical (unpaired) electrons. The summed E-state index contributed by atoms with van der Waals surface area (Å²) in [5, 5.41) is 19.1. The Hall–Kier alpha value is -2.27. The number of pyridine rings is 1. The largest absolute Gasteiger partial charge is 0.505 e. The minimum absolute atomic E-state index is 0.0163. The maximum Gasteiger partial charge on any atom is 0.145 e. The van der Waals surface area contributed by atoms with Crippen molar-refractivity contribution in [2.75, 3.05) is 0 Å². The van der Waals surface area contributed by atoms with Crippen LogP contribution in [0.15, 0.2) is 35.5 Å². The highest BCUT2D eigenvalue weighted by molar-refractivity contribution is 5.87. The molecule has 1 heterocycles. The van der Waals surface area contributed by atoms with E-state index >= 15 is 0 Å². The number of nitrogens with zero attached hydrogens (tertiary/aromatic N) is 2. The summed E-state index contributed by atoms with van der Waals surface area (Å²) in [6.45, 7) is 1.41. The first kappa shape index (κ1) is 13.2. The standard InChI is InChI=1S/C14H13FN2O2/c1-9-14(19)13(10(8-18)6-16-9)7-17-12-4-2-11(15)3-5-12/h2-7,18-19H,8H2,1H3. The van der Waals surface area contributed by atoms with Crippen LogP contribution in [0.2, 0.25) is 0 Å². The average Bonchev–Trinajstić information content (AvgIpc) is 2.42. The number of halogens is 1. The fourth-order valence-corrected chi connectivity index (χ4v) is 1.59. The Labute approximate surface area is 109 Å². The molecule has 5 heteroatoms. The van der Waals surface area contributed by atoms with Crippen molar-refractivity contribution in [3.8, 4) is 5.75 Å². The van der Waals surface area contributed by atoms with Crippen molar-refractivity contribution in [2.24, 2.45) is 4.99 Å². The molecule has 98 valence electrons. The first-order valence-corrected chi connectivity index (χ1v) is 5.69. The van der Waals surface area contributed by atoms with Crippen LogP contribution >= 0.6 is 0 Å². The van der Waals surface area contributed by atoms with Gasteiger partial charge in [0.25, 0.3) is 0 Å². The van der Waals surface area contributed by atoms with Crippen molar-refractivity contribution >= 4 is 11.9 Å². The highest BCUT2D eigenvalue weighted by Crippen LogP contribution is 2.23. The maximum absolute atomic E-state index is 12.8. The molecule has 0 saturated carbocycles. The number of hydrogen-bond donors (Lipinski definition) is 2. The van der Waals surface area contributed by atoms with E-state index in [1.807, 2.05) is 0 Å². The van der Waals surface area contributed by atoms with Crippen LogP contribution < -0.4 is 0 Å². The molecule has 0 amide bonds. The van der Waals surface area contributed by atoms with Crippen molar-refractivity contribution in [3.05, 3.63) is 53.1 Å². The molecule has 2 aromatic rings. The Morgan fingerprint density at radius 2 is 2.00 bits per heavy atom. The molecule has 0 saturated heterocycles. The van der Waals surface area contributed by atoms with E-state index in [1.54, 1.807) is 6.92 Å². The van der Waals surface area contributed by atoms with Gasteiger partial charge in [-0.15, -0.1) is 0 Å². The monoisotopic (exact) mass is 260 g/mol. The third kappa shape index (κ3) is 2.95. The topological polar surface area (TPSA) is 65.7 Å². The van der Waals surface area contributed by atoms with Gasteiger partial charge >= 0.3 is 0 Å². The van der Waals surface area contributed by atoms with Crippen molar-refractivity contribution in [3.63, 3.8) is 0 Å². The summed E-state index contributed by atoms with van der Waals surface area (Å²) in [4.78, 5) is 8.09. The maximum atomic E-state index is 12.8. The Morgan fingerprint density at radius 3 is 2.63 bits per heavy atom. The third-order valence-corrected chi connectivity index (χ3v) is 2.70. The van der Waals surface area contributed by atoms with E-state index < -0.39 is 0 Å². The average molecular weight is 260 g/mol. The predicted octanol–water partition coefficient (Wildman–Crippen LogP) is 2.48. The van der Waals surface area contributed by atoms with Gasteiger partial charge in [-0.2, -0.15) is 0 Å². The molecule has 2 N–H and O–H groups in total. The summed E-state index contributed by atoms with van der Waals surface area (Å²) in [7, 11) is 0. The second kappa shape index (κ2) is 5.58. The van der Waals surface area contributed by atoms with Crippen LogP contribution in [0.1, 0.15) is 16.8 Å². The summed E-state index contributed by atoms with van der Waals surface area (Å²) < 4.78 is 12.8. The van der Waals surface area contributed by atoms with Crippen molar-refractivity contribution in [1.82, 2.24) is 4.98 Å². The van der Waals surface area contributed by atoms with Crippen LogP contribution in [0.3, 0.4) is 0 Å². The lowest BCUT2D eigenvalue weighted by molar-refractivity contribution is 0.280. The van der Waals surface area contributed by atoms with Gasteiger partial charge in [0.15, 0.2) is 0 Å². The van der Waals surface area contributed by atoms with Gasteiger partial charge in [0.05, 0.1) is 18.0 Å². The molecule has 0 spiro atoms. The summed E-state index contributed by atoms with van der Waals surface area (Å²) in [5.41, 5.74) is 1.91. The minimum Gasteiger partial charge on any atom is -0.505 e.